The number of anilines is 2. The third-order valence-electron chi connectivity index (χ3n) is 5.98. The molecule has 1 heterocycles. The molecular weight excluding hydrogens is 432 g/mol. The standard InChI is InChI=1S/C26H28N4O4/c1-19-4-8-22(9-5-19)28-12-14-29(15-13-28)23-10-6-21(7-11-23)27-18-20-16-25(33-2)26(34-3)17-24(20)30(31)32/h4-11,16-18H,12-15H2,1-3H3. The first-order chi connectivity index (χ1) is 16.5. The summed E-state index contributed by atoms with van der Waals surface area (Å²) in [5.41, 5.74) is 4.64. The lowest BCUT2D eigenvalue weighted by Crippen LogP contribution is -2.46. The number of nitro benzene ring substituents is 1. The van der Waals surface area contributed by atoms with Gasteiger partial charge in [-0.05, 0) is 49.4 Å². The monoisotopic (exact) mass is 460 g/mol. The fraction of sp³-hybridized carbons (Fsp3) is 0.269. The number of nitro groups is 1. The summed E-state index contributed by atoms with van der Waals surface area (Å²) in [6, 6.07) is 19.5. The molecule has 3 aromatic carbocycles. The van der Waals surface area contributed by atoms with Crippen LogP contribution in [0.2, 0.25) is 0 Å². The second kappa shape index (κ2) is 10.2. The minimum atomic E-state index is -0.456. The summed E-state index contributed by atoms with van der Waals surface area (Å²) in [7, 11) is 2.93. The molecule has 8 heteroatoms. The fourth-order valence-corrected chi connectivity index (χ4v) is 4.02. The number of nitrogens with zero attached hydrogens (tertiary/aromatic N) is 4. The summed E-state index contributed by atoms with van der Waals surface area (Å²) in [5.74, 6) is 0.716. The van der Waals surface area contributed by atoms with Crippen LogP contribution in [0, 0.1) is 17.0 Å². The van der Waals surface area contributed by atoms with Gasteiger partial charge in [-0.3, -0.25) is 15.1 Å². The number of methoxy groups -OCH3 is 2. The van der Waals surface area contributed by atoms with Crippen LogP contribution in [0.5, 0.6) is 11.5 Å². The zero-order valence-corrected chi connectivity index (χ0v) is 19.6. The highest BCUT2D eigenvalue weighted by molar-refractivity contribution is 5.88. The summed E-state index contributed by atoms with van der Waals surface area (Å²) < 4.78 is 10.4. The van der Waals surface area contributed by atoms with Crippen LogP contribution in [-0.4, -0.2) is 51.5 Å². The molecule has 0 atom stereocenters. The molecule has 8 nitrogen and oxygen atoms in total. The average molecular weight is 461 g/mol. The van der Waals surface area contributed by atoms with Crippen molar-refractivity contribution in [2.75, 3.05) is 50.2 Å². The largest absolute Gasteiger partial charge is 0.493 e. The van der Waals surface area contributed by atoms with E-state index in [-0.39, 0.29) is 5.69 Å². The van der Waals surface area contributed by atoms with E-state index >= 15 is 0 Å². The van der Waals surface area contributed by atoms with E-state index in [1.54, 1.807) is 6.07 Å². The molecule has 0 bridgehead atoms. The van der Waals surface area contributed by atoms with Crippen molar-refractivity contribution < 1.29 is 14.4 Å². The van der Waals surface area contributed by atoms with E-state index in [9.17, 15) is 10.1 Å². The Bertz CT molecular complexity index is 1170. The molecule has 0 aromatic heterocycles. The molecular formula is C26H28N4O4. The molecule has 1 fully saturated rings. The van der Waals surface area contributed by atoms with E-state index in [2.05, 4.69) is 46.0 Å². The van der Waals surface area contributed by atoms with Crippen molar-refractivity contribution in [2.24, 2.45) is 4.99 Å². The Balaban J connectivity index is 1.43. The number of hydrogen-bond acceptors (Lipinski definition) is 7. The van der Waals surface area contributed by atoms with Gasteiger partial charge in [0.25, 0.3) is 5.69 Å². The lowest BCUT2D eigenvalue weighted by molar-refractivity contribution is -0.385. The van der Waals surface area contributed by atoms with E-state index in [0.29, 0.717) is 22.7 Å². The predicted octanol–water partition coefficient (Wildman–Crippen LogP) is 5.00. The van der Waals surface area contributed by atoms with Gasteiger partial charge in [0, 0.05) is 43.8 Å². The van der Waals surface area contributed by atoms with Crippen LogP contribution in [-0.2, 0) is 0 Å². The van der Waals surface area contributed by atoms with Crippen molar-refractivity contribution in [3.8, 4) is 11.5 Å². The summed E-state index contributed by atoms with van der Waals surface area (Å²) in [5, 5.41) is 11.5. The van der Waals surface area contributed by atoms with Gasteiger partial charge in [-0.2, -0.15) is 0 Å². The molecule has 34 heavy (non-hydrogen) atoms. The van der Waals surface area contributed by atoms with E-state index < -0.39 is 4.92 Å². The maximum Gasteiger partial charge on any atom is 0.282 e. The van der Waals surface area contributed by atoms with E-state index in [4.69, 9.17) is 9.47 Å². The zero-order chi connectivity index (χ0) is 24.1. The Hall–Kier alpha value is -4.07. The van der Waals surface area contributed by atoms with Crippen LogP contribution in [0.25, 0.3) is 0 Å². The SMILES string of the molecule is COc1cc(C=Nc2ccc(N3CCN(c4ccc(C)cc4)CC3)cc2)c([N+](=O)[O-])cc1OC. The van der Waals surface area contributed by atoms with Gasteiger partial charge in [-0.25, -0.2) is 0 Å². The molecule has 1 aliphatic heterocycles. The molecule has 1 aliphatic rings. The van der Waals surface area contributed by atoms with Gasteiger partial charge >= 0.3 is 0 Å². The third kappa shape index (κ3) is 5.11. The lowest BCUT2D eigenvalue weighted by Gasteiger charge is -2.37. The van der Waals surface area contributed by atoms with Gasteiger partial charge in [0.2, 0.25) is 0 Å². The van der Waals surface area contributed by atoms with Crippen molar-refractivity contribution in [1.82, 2.24) is 0 Å². The number of ether oxygens (including phenoxy) is 2. The van der Waals surface area contributed by atoms with Gasteiger partial charge in [-0.1, -0.05) is 17.7 Å². The number of rotatable bonds is 7. The molecule has 0 saturated carbocycles. The molecule has 0 spiro atoms. The maximum absolute atomic E-state index is 11.5. The van der Waals surface area contributed by atoms with Crippen LogP contribution in [0.3, 0.4) is 0 Å². The Morgan fingerprint density at radius 3 is 1.85 bits per heavy atom. The Morgan fingerprint density at radius 2 is 1.35 bits per heavy atom. The smallest absolute Gasteiger partial charge is 0.282 e. The highest BCUT2D eigenvalue weighted by Gasteiger charge is 2.19. The van der Waals surface area contributed by atoms with Gasteiger partial charge < -0.3 is 19.3 Å². The van der Waals surface area contributed by atoms with Gasteiger partial charge in [0.05, 0.1) is 36.5 Å². The molecule has 0 aliphatic carbocycles. The molecule has 4 rings (SSSR count). The maximum atomic E-state index is 11.5. The third-order valence-corrected chi connectivity index (χ3v) is 5.98. The molecule has 0 unspecified atom stereocenters. The minimum Gasteiger partial charge on any atom is -0.493 e. The minimum absolute atomic E-state index is 0.0931. The second-order valence-electron chi connectivity index (χ2n) is 8.11. The number of piperazine rings is 1. The first-order valence-corrected chi connectivity index (χ1v) is 11.1. The van der Waals surface area contributed by atoms with Gasteiger partial charge in [0.15, 0.2) is 11.5 Å². The Morgan fingerprint density at radius 1 is 0.853 bits per heavy atom. The van der Waals surface area contributed by atoms with Crippen LogP contribution < -0.4 is 19.3 Å². The van der Waals surface area contributed by atoms with Crippen molar-refractivity contribution in [3.63, 3.8) is 0 Å². The van der Waals surface area contributed by atoms with E-state index in [1.807, 2.05) is 24.3 Å². The highest BCUT2D eigenvalue weighted by Crippen LogP contribution is 2.34. The van der Waals surface area contributed by atoms with Crippen LogP contribution >= 0.6 is 0 Å². The normalized spacial score (nSPS) is 13.9. The van der Waals surface area contributed by atoms with Crippen LogP contribution in [0.15, 0.2) is 65.7 Å². The summed E-state index contributed by atoms with van der Waals surface area (Å²) in [6.45, 7) is 5.91. The van der Waals surface area contributed by atoms with Gasteiger partial charge in [0.1, 0.15) is 0 Å². The first-order valence-electron chi connectivity index (χ1n) is 11.1. The van der Waals surface area contributed by atoms with E-state index in [0.717, 1.165) is 31.9 Å². The fourth-order valence-electron chi connectivity index (χ4n) is 4.02. The molecule has 0 N–H and O–H groups in total. The van der Waals surface area contributed by atoms with Crippen molar-refractivity contribution in [1.29, 1.82) is 0 Å². The van der Waals surface area contributed by atoms with Crippen molar-refractivity contribution in [2.45, 2.75) is 6.92 Å². The van der Waals surface area contributed by atoms with Crippen molar-refractivity contribution in [3.05, 3.63) is 81.9 Å². The summed E-state index contributed by atoms with van der Waals surface area (Å²) in [4.78, 5) is 20.2. The number of benzene rings is 3. The highest BCUT2D eigenvalue weighted by atomic mass is 16.6. The zero-order valence-electron chi connectivity index (χ0n) is 19.6. The lowest BCUT2D eigenvalue weighted by atomic mass is 10.1. The molecule has 0 amide bonds. The molecule has 0 radical (unpaired) electrons. The van der Waals surface area contributed by atoms with Crippen LogP contribution in [0.1, 0.15) is 11.1 Å². The summed E-state index contributed by atoms with van der Waals surface area (Å²) >= 11 is 0. The topological polar surface area (TPSA) is 80.4 Å². The summed E-state index contributed by atoms with van der Waals surface area (Å²) in [6.07, 6.45) is 1.48. The Kier molecular flexibility index (Phi) is 6.96. The molecule has 176 valence electrons. The van der Waals surface area contributed by atoms with Crippen molar-refractivity contribution >= 4 is 29.0 Å². The van der Waals surface area contributed by atoms with Crippen LogP contribution in [0.4, 0.5) is 22.7 Å². The quantitative estimate of drug-likeness (QED) is 0.281. The second-order valence-corrected chi connectivity index (χ2v) is 8.11. The average Bonchev–Trinajstić information content (AvgIpc) is 2.87. The Labute approximate surface area is 199 Å². The van der Waals surface area contributed by atoms with E-state index in [1.165, 1.54) is 37.8 Å². The first kappa shape index (κ1) is 23.1. The predicted molar refractivity (Wildman–Crippen MR) is 136 cm³/mol. The van der Waals surface area contributed by atoms with Gasteiger partial charge in [-0.15, -0.1) is 0 Å². The molecule has 1 saturated heterocycles. The molecule has 3 aromatic rings. The number of aryl methyl sites for hydroxylation is 1. The number of hydrogen-bond donors (Lipinski definition) is 0. The number of aliphatic imine (C=N–C) groups is 1.